The van der Waals surface area contributed by atoms with Crippen LogP contribution in [0.1, 0.15) is 70.8 Å². The zero-order valence-corrected chi connectivity index (χ0v) is 15.3. The Morgan fingerprint density at radius 1 is 0.870 bits per heavy atom. The predicted molar refractivity (Wildman–Crippen MR) is 101 cm³/mol. The number of hydrogen-bond acceptors (Lipinski definition) is 0. The smallest absolute Gasteiger partial charge is 0.194 e. The molecule has 0 aliphatic carbocycles. The molecule has 2 heteroatoms. The second-order valence-corrected chi connectivity index (χ2v) is 6.85. The third kappa shape index (κ3) is 5.80. The minimum Gasteiger partial charge on any atom is -0.194 e. The van der Waals surface area contributed by atoms with Crippen LogP contribution in [0.4, 0.5) is 0 Å². The van der Waals surface area contributed by atoms with Crippen LogP contribution in [-0.4, -0.2) is 5.88 Å². The number of rotatable bonds is 11. The fraction of sp³-hybridized carbons (Fsp3) is 0.571. The summed E-state index contributed by atoms with van der Waals surface area (Å²) in [5.41, 5.74) is 1.29. The Morgan fingerprint density at radius 3 is 2.26 bits per heavy atom. The molecular weight excluding hydrogens is 302 g/mol. The molecule has 1 heterocycles. The average molecular weight is 333 g/mol. The Labute approximate surface area is 146 Å². The van der Waals surface area contributed by atoms with E-state index in [1.165, 1.54) is 68.7 Å². The van der Waals surface area contributed by atoms with Gasteiger partial charge >= 0.3 is 0 Å². The topological polar surface area (TPSA) is 3.88 Å². The second-order valence-electron chi connectivity index (χ2n) is 6.55. The van der Waals surface area contributed by atoms with E-state index in [1.807, 2.05) is 0 Å². The van der Waals surface area contributed by atoms with Crippen molar-refractivity contribution in [1.29, 1.82) is 0 Å². The van der Waals surface area contributed by atoms with Gasteiger partial charge in [0.05, 0.1) is 5.88 Å². The summed E-state index contributed by atoms with van der Waals surface area (Å²) in [6.45, 7) is 2.28. The fourth-order valence-corrected chi connectivity index (χ4v) is 3.61. The number of unbranched alkanes of at least 4 members (excludes halogenated alkanes) is 7. The first-order chi connectivity index (χ1) is 11.4. The standard InChI is InChI=1S/C21H31ClN/c1-2-3-4-5-6-7-8-9-15-20(18-22)23-17-12-14-19-13-10-11-16-21(19)23/h10-14,16-17,20H,2-9,15,18H2,1H3/q+1. The van der Waals surface area contributed by atoms with Gasteiger partial charge in [-0.05, 0) is 18.6 Å². The number of halogens is 1. The molecule has 0 saturated heterocycles. The summed E-state index contributed by atoms with van der Waals surface area (Å²) in [5, 5.41) is 1.29. The van der Waals surface area contributed by atoms with Crippen LogP contribution in [0.15, 0.2) is 42.6 Å². The Morgan fingerprint density at radius 2 is 1.52 bits per heavy atom. The zero-order valence-electron chi connectivity index (χ0n) is 14.5. The van der Waals surface area contributed by atoms with Crippen LogP contribution in [0.25, 0.3) is 10.9 Å². The van der Waals surface area contributed by atoms with Gasteiger partial charge in [0.2, 0.25) is 5.52 Å². The molecule has 2 rings (SSSR count). The van der Waals surface area contributed by atoms with Crippen molar-refractivity contribution < 1.29 is 4.57 Å². The second kappa shape index (κ2) is 10.6. The van der Waals surface area contributed by atoms with E-state index in [9.17, 15) is 0 Å². The highest BCUT2D eigenvalue weighted by molar-refractivity contribution is 6.18. The van der Waals surface area contributed by atoms with Gasteiger partial charge in [0.25, 0.3) is 0 Å². The molecule has 0 N–H and O–H groups in total. The van der Waals surface area contributed by atoms with Crippen molar-refractivity contribution in [2.24, 2.45) is 0 Å². The lowest BCUT2D eigenvalue weighted by Crippen LogP contribution is -2.40. The molecule has 0 bridgehead atoms. The first-order valence-corrected chi connectivity index (χ1v) is 9.85. The van der Waals surface area contributed by atoms with Crippen molar-refractivity contribution in [1.82, 2.24) is 0 Å². The summed E-state index contributed by atoms with van der Waals surface area (Å²) in [6, 6.07) is 13.3. The highest BCUT2D eigenvalue weighted by atomic mass is 35.5. The molecule has 1 aromatic heterocycles. The van der Waals surface area contributed by atoms with Crippen LogP contribution in [0.5, 0.6) is 0 Å². The number of fused-ring (bicyclic) bond motifs is 1. The number of hydrogen-bond donors (Lipinski definition) is 0. The summed E-state index contributed by atoms with van der Waals surface area (Å²) < 4.78 is 2.36. The highest BCUT2D eigenvalue weighted by Gasteiger charge is 2.19. The zero-order chi connectivity index (χ0) is 16.3. The van der Waals surface area contributed by atoms with Crippen molar-refractivity contribution in [3.05, 3.63) is 42.6 Å². The van der Waals surface area contributed by atoms with Crippen LogP contribution < -0.4 is 4.57 Å². The van der Waals surface area contributed by atoms with Crippen molar-refractivity contribution in [3.63, 3.8) is 0 Å². The van der Waals surface area contributed by atoms with E-state index in [2.05, 4.69) is 54.1 Å². The number of nitrogens with zero attached hydrogens (tertiary/aromatic N) is 1. The average Bonchev–Trinajstić information content (AvgIpc) is 2.60. The molecule has 1 nitrogen and oxygen atoms in total. The maximum absolute atomic E-state index is 6.28. The first kappa shape index (κ1) is 18.3. The lowest BCUT2D eigenvalue weighted by molar-refractivity contribution is -0.694. The van der Waals surface area contributed by atoms with E-state index in [0.29, 0.717) is 11.9 Å². The van der Waals surface area contributed by atoms with Crippen molar-refractivity contribution in [3.8, 4) is 0 Å². The lowest BCUT2D eigenvalue weighted by Gasteiger charge is -2.11. The highest BCUT2D eigenvalue weighted by Crippen LogP contribution is 2.17. The summed E-state index contributed by atoms with van der Waals surface area (Å²) >= 11 is 6.28. The summed E-state index contributed by atoms with van der Waals surface area (Å²) in [4.78, 5) is 0. The van der Waals surface area contributed by atoms with Gasteiger partial charge < -0.3 is 0 Å². The Kier molecular flexibility index (Phi) is 8.46. The maximum atomic E-state index is 6.28. The predicted octanol–water partition coefficient (Wildman–Crippen LogP) is 6.44. The molecule has 0 saturated carbocycles. The lowest BCUT2D eigenvalue weighted by atomic mass is 10.0. The molecule has 1 aromatic carbocycles. The summed E-state index contributed by atoms with van der Waals surface area (Å²) in [6.07, 6.45) is 14.3. The molecule has 0 aliphatic heterocycles. The Bertz CT molecular complexity index is 561. The monoisotopic (exact) mass is 332 g/mol. The molecule has 23 heavy (non-hydrogen) atoms. The van der Waals surface area contributed by atoms with Gasteiger partial charge in [-0.3, -0.25) is 0 Å². The largest absolute Gasteiger partial charge is 0.212 e. The van der Waals surface area contributed by atoms with Crippen LogP contribution in [0.2, 0.25) is 0 Å². The molecule has 1 atom stereocenters. The van der Waals surface area contributed by atoms with Gasteiger partial charge in [-0.1, -0.05) is 64.0 Å². The van der Waals surface area contributed by atoms with E-state index in [0.717, 1.165) is 0 Å². The molecule has 0 fully saturated rings. The normalized spacial score (nSPS) is 12.6. The Hall–Kier alpha value is -1.08. The molecular formula is C21H31ClN+. The van der Waals surface area contributed by atoms with Gasteiger partial charge in [0, 0.05) is 23.9 Å². The van der Waals surface area contributed by atoms with Gasteiger partial charge in [-0.25, -0.2) is 0 Å². The van der Waals surface area contributed by atoms with Gasteiger partial charge in [0.1, 0.15) is 0 Å². The third-order valence-electron chi connectivity index (χ3n) is 4.70. The van der Waals surface area contributed by atoms with E-state index >= 15 is 0 Å². The number of aromatic nitrogens is 1. The molecule has 2 aromatic rings. The van der Waals surface area contributed by atoms with Gasteiger partial charge in [0.15, 0.2) is 12.2 Å². The number of benzene rings is 1. The SMILES string of the molecule is CCCCCCCCCCC(CCl)[n+]1cccc2ccccc21. The van der Waals surface area contributed by atoms with Crippen molar-refractivity contribution in [2.75, 3.05) is 5.88 Å². The van der Waals surface area contributed by atoms with E-state index < -0.39 is 0 Å². The fourth-order valence-electron chi connectivity index (χ4n) is 3.31. The molecule has 126 valence electrons. The van der Waals surface area contributed by atoms with E-state index in [-0.39, 0.29) is 0 Å². The van der Waals surface area contributed by atoms with Gasteiger partial charge in [-0.15, -0.1) is 11.6 Å². The van der Waals surface area contributed by atoms with Crippen LogP contribution in [0.3, 0.4) is 0 Å². The first-order valence-electron chi connectivity index (χ1n) is 9.31. The minimum atomic E-state index is 0.405. The molecule has 0 amide bonds. The summed E-state index contributed by atoms with van der Waals surface area (Å²) in [5.74, 6) is 0.690. The van der Waals surface area contributed by atoms with Crippen LogP contribution >= 0.6 is 11.6 Å². The number of para-hydroxylation sites is 1. The Balaban J connectivity index is 1.81. The third-order valence-corrected chi connectivity index (χ3v) is 5.06. The van der Waals surface area contributed by atoms with E-state index in [4.69, 9.17) is 11.6 Å². The molecule has 0 radical (unpaired) electrons. The van der Waals surface area contributed by atoms with Crippen molar-refractivity contribution >= 4 is 22.5 Å². The van der Waals surface area contributed by atoms with Crippen molar-refractivity contribution in [2.45, 2.75) is 70.8 Å². The number of pyridine rings is 1. The quantitative estimate of drug-likeness (QED) is 0.253. The van der Waals surface area contributed by atoms with Crippen LogP contribution in [-0.2, 0) is 0 Å². The molecule has 1 unspecified atom stereocenters. The molecule has 0 aliphatic rings. The summed E-state index contributed by atoms with van der Waals surface area (Å²) in [7, 11) is 0. The van der Waals surface area contributed by atoms with Gasteiger partial charge in [-0.2, -0.15) is 4.57 Å². The van der Waals surface area contributed by atoms with E-state index in [1.54, 1.807) is 0 Å². The van der Waals surface area contributed by atoms with Crippen LogP contribution in [0, 0.1) is 0 Å². The maximum Gasteiger partial charge on any atom is 0.212 e. The number of alkyl halides is 1. The molecule has 0 spiro atoms. The minimum absolute atomic E-state index is 0.405.